The molecule has 0 spiro atoms. The highest BCUT2D eigenvalue weighted by atomic mass is 16.5. The molecule has 1 aromatic heterocycles. The number of hydrogen-bond acceptors (Lipinski definition) is 4. The lowest BCUT2D eigenvalue weighted by molar-refractivity contribution is -0.147. The van der Waals surface area contributed by atoms with Crippen LogP contribution in [0.4, 0.5) is 0 Å². The minimum Gasteiger partial charge on any atom is -0.487 e. The van der Waals surface area contributed by atoms with Crippen LogP contribution in [0.5, 0.6) is 5.75 Å². The van der Waals surface area contributed by atoms with E-state index in [-0.39, 0.29) is 12.1 Å². The third-order valence-electron chi connectivity index (χ3n) is 4.80. The van der Waals surface area contributed by atoms with Gasteiger partial charge in [-0.25, -0.2) is 0 Å². The van der Waals surface area contributed by atoms with Crippen LogP contribution in [0.3, 0.4) is 0 Å². The summed E-state index contributed by atoms with van der Waals surface area (Å²) in [6, 6.07) is 16.1. The van der Waals surface area contributed by atoms with Gasteiger partial charge in [-0.1, -0.05) is 43.7 Å². The zero-order valence-corrected chi connectivity index (χ0v) is 16.8. The van der Waals surface area contributed by atoms with Crippen molar-refractivity contribution in [3.8, 4) is 5.75 Å². The topological polar surface area (TPSA) is 48.4 Å². The van der Waals surface area contributed by atoms with Gasteiger partial charge in [0.05, 0.1) is 0 Å². The normalized spacial score (nSPS) is 12.0. The molecule has 3 rings (SSSR count). The smallest absolute Gasteiger partial charge is 0.303 e. The van der Waals surface area contributed by atoms with E-state index in [1.165, 1.54) is 12.5 Å². The quantitative estimate of drug-likeness (QED) is 0.457. The van der Waals surface area contributed by atoms with Crippen molar-refractivity contribution in [1.82, 2.24) is 4.98 Å². The van der Waals surface area contributed by atoms with Crippen molar-refractivity contribution in [3.05, 3.63) is 71.4 Å². The lowest BCUT2D eigenvalue weighted by atomic mass is 10.0. The van der Waals surface area contributed by atoms with Gasteiger partial charge in [-0.3, -0.25) is 9.78 Å². The van der Waals surface area contributed by atoms with E-state index in [2.05, 4.69) is 31.0 Å². The molecule has 0 aliphatic rings. The minimum atomic E-state index is -0.250. The molecule has 1 atom stereocenters. The average molecular weight is 377 g/mol. The summed E-state index contributed by atoms with van der Waals surface area (Å²) in [5, 5.41) is 1.10. The molecular formula is C24H27NO3. The fraction of sp³-hybridized carbons (Fsp3) is 0.333. The number of carbonyl (C=O) groups is 1. The Bertz CT molecular complexity index is 951. The number of fused-ring (bicyclic) bond motifs is 1. The number of ether oxygens (including phenoxy) is 2. The SMILES string of the molecule is CCCCC(OC(C)=O)c1cccc(COc2cccc3c(C)ccnc23)c1. The van der Waals surface area contributed by atoms with Gasteiger partial charge in [0.1, 0.15) is 24.0 Å². The van der Waals surface area contributed by atoms with E-state index in [0.29, 0.717) is 6.61 Å². The second kappa shape index (κ2) is 9.36. The van der Waals surface area contributed by atoms with Crippen LogP contribution in [0, 0.1) is 6.92 Å². The number of hydrogen-bond donors (Lipinski definition) is 0. The summed E-state index contributed by atoms with van der Waals surface area (Å²) in [5.74, 6) is 0.522. The van der Waals surface area contributed by atoms with Crippen molar-refractivity contribution in [1.29, 1.82) is 0 Å². The first kappa shape index (κ1) is 19.9. The Labute approximate surface area is 166 Å². The van der Waals surface area contributed by atoms with Crippen molar-refractivity contribution in [2.45, 2.75) is 52.7 Å². The molecular weight excluding hydrogens is 350 g/mol. The number of nitrogens with zero attached hydrogens (tertiary/aromatic N) is 1. The highest BCUT2D eigenvalue weighted by Gasteiger charge is 2.15. The average Bonchev–Trinajstić information content (AvgIpc) is 2.70. The Hall–Kier alpha value is -2.88. The first-order chi connectivity index (χ1) is 13.6. The predicted molar refractivity (Wildman–Crippen MR) is 111 cm³/mol. The van der Waals surface area contributed by atoms with Crippen LogP contribution in [0.2, 0.25) is 0 Å². The van der Waals surface area contributed by atoms with E-state index < -0.39 is 0 Å². The molecule has 4 heteroatoms. The summed E-state index contributed by atoms with van der Waals surface area (Å²) < 4.78 is 11.6. The molecule has 0 aliphatic carbocycles. The third kappa shape index (κ3) is 4.89. The summed E-state index contributed by atoms with van der Waals surface area (Å²) in [5.41, 5.74) is 4.10. The molecule has 0 bridgehead atoms. The molecule has 0 saturated carbocycles. The lowest BCUT2D eigenvalue weighted by Gasteiger charge is -2.18. The molecule has 0 N–H and O–H groups in total. The molecule has 0 aliphatic heterocycles. The Morgan fingerprint density at radius 1 is 1.14 bits per heavy atom. The largest absolute Gasteiger partial charge is 0.487 e. The Balaban J connectivity index is 1.78. The monoisotopic (exact) mass is 377 g/mol. The van der Waals surface area contributed by atoms with Gasteiger partial charge in [-0.05, 0) is 54.7 Å². The van der Waals surface area contributed by atoms with Crippen LogP contribution in [-0.2, 0) is 16.1 Å². The number of unbranched alkanes of at least 4 members (excludes halogenated alkanes) is 1. The molecule has 0 fully saturated rings. The number of benzene rings is 2. The Morgan fingerprint density at radius 2 is 1.96 bits per heavy atom. The predicted octanol–water partition coefficient (Wildman–Crippen LogP) is 5.92. The third-order valence-corrected chi connectivity index (χ3v) is 4.80. The van der Waals surface area contributed by atoms with Crippen LogP contribution in [0.1, 0.15) is 55.9 Å². The number of pyridine rings is 1. The zero-order chi connectivity index (χ0) is 19.9. The first-order valence-electron chi connectivity index (χ1n) is 9.81. The molecule has 0 saturated heterocycles. The summed E-state index contributed by atoms with van der Waals surface area (Å²) in [7, 11) is 0. The van der Waals surface area contributed by atoms with E-state index in [0.717, 1.165) is 47.0 Å². The van der Waals surface area contributed by atoms with E-state index in [9.17, 15) is 4.79 Å². The van der Waals surface area contributed by atoms with Crippen molar-refractivity contribution >= 4 is 16.9 Å². The van der Waals surface area contributed by atoms with Crippen molar-refractivity contribution in [3.63, 3.8) is 0 Å². The highest BCUT2D eigenvalue weighted by Crippen LogP contribution is 2.28. The second-order valence-corrected chi connectivity index (χ2v) is 7.05. The molecule has 0 radical (unpaired) electrons. The van der Waals surface area contributed by atoms with Crippen LogP contribution < -0.4 is 4.74 Å². The fourth-order valence-corrected chi connectivity index (χ4v) is 3.33. The van der Waals surface area contributed by atoms with Gasteiger partial charge in [-0.15, -0.1) is 0 Å². The number of rotatable bonds is 8. The van der Waals surface area contributed by atoms with Gasteiger partial charge >= 0.3 is 5.97 Å². The van der Waals surface area contributed by atoms with Crippen LogP contribution >= 0.6 is 0 Å². The number of para-hydroxylation sites is 1. The van der Waals surface area contributed by atoms with Crippen LogP contribution in [-0.4, -0.2) is 11.0 Å². The maximum Gasteiger partial charge on any atom is 0.303 e. The molecule has 4 nitrogen and oxygen atoms in total. The molecule has 2 aromatic carbocycles. The molecule has 28 heavy (non-hydrogen) atoms. The zero-order valence-electron chi connectivity index (χ0n) is 16.8. The van der Waals surface area contributed by atoms with E-state index in [4.69, 9.17) is 9.47 Å². The molecule has 3 aromatic rings. The van der Waals surface area contributed by atoms with Gasteiger partial charge in [0.25, 0.3) is 0 Å². The Kier molecular flexibility index (Phi) is 6.64. The molecule has 1 heterocycles. The van der Waals surface area contributed by atoms with E-state index in [1.54, 1.807) is 0 Å². The molecule has 0 amide bonds. The van der Waals surface area contributed by atoms with Crippen molar-refractivity contribution < 1.29 is 14.3 Å². The van der Waals surface area contributed by atoms with Gasteiger partial charge in [-0.2, -0.15) is 0 Å². The number of carbonyl (C=O) groups excluding carboxylic acids is 1. The minimum absolute atomic E-state index is 0.209. The van der Waals surface area contributed by atoms with E-state index >= 15 is 0 Å². The standard InChI is InChI=1S/C24H27NO3/c1-4-5-11-22(28-18(3)26)20-9-6-8-19(15-20)16-27-23-12-7-10-21-17(2)13-14-25-24(21)23/h6-10,12-15,22H,4-5,11,16H2,1-3H3. The lowest BCUT2D eigenvalue weighted by Crippen LogP contribution is -2.09. The maximum atomic E-state index is 11.5. The van der Waals surface area contributed by atoms with Crippen LogP contribution in [0.15, 0.2) is 54.7 Å². The van der Waals surface area contributed by atoms with Crippen molar-refractivity contribution in [2.24, 2.45) is 0 Å². The highest BCUT2D eigenvalue weighted by molar-refractivity contribution is 5.86. The van der Waals surface area contributed by atoms with Gasteiger partial charge in [0.15, 0.2) is 0 Å². The second-order valence-electron chi connectivity index (χ2n) is 7.05. The van der Waals surface area contributed by atoms with Gasteiger partial charge in [0, 0.05) is 18.5 Å². The number of esters is 1. The molecule has 146 valence electrons. The first-order valence-corrected chi connectivity index (χ1v) is 9.81. The summed E-state index contributed by atoms with van der Waals surface area (Å²) in [4.78, 5) is 16.0. The Morgan fingerprint density at radius 3 is 2.75 bits per heavy atom. The maximum absolute atomic E-state index is 11.5. The van der Waals surface area contributed by atoms with Crippen LogP contribution in [0.25, 0.3) is 10.9 Å². The van der Waals surface area contributed by atoms with Crippen molar-refractivity contribution in [2.75, 3.05) is 0 Å². The number of aryl methyl sites for hydroxylation is 1. The van der Waals surface area contributed by atoms with Gasteiger partial charge in [0.2, 0.25) is 0 Å². The summed E-state index contributed by atoms with van der Waals surface area (Å²) in [6.07, 6.45) is 4.50. The summed E-state index contributed by atoms with van der Waals surface area (Å²) in [6.45, 7) is 6.10. The fourth-order valence-electron chi connectivity index (χ4n) is 3.33. The molecule has 1 unspecified atom stereocenters. The number of aromatic nitrogens is 1. The van der Waals surface area contributed by atoms with Gasteiger partial charge < -0.3 is 9.47 Å². The summed E-state index contributed by atoms with van der Waals surface area (Å²) >= 11 is 0. The van der Waals surface area contributed by atoms with E-state index in [1.807, 2.05) is 42.6 Å².